The van der Waals surface area contributed by atoms with Crippen molar-refractivity contribution in [2.75, 3.05) is 26.3 Å². The fourth-order valence-corrected chi connectivity index (χ4v) is 2.07. The molecule has 0 unspecified atom stereocenters. The highest BCUT2D eigenvalue weighted by atomic mass is 16.6. The van der Waals surface area contributed by atoms with E-state index in [9.17, 15) is 4.79 Å². The van der Waals surface area contributed by atoms with E-state index < -0.39 is 0 Å². The fourth-order valence-electron chi connectivity index (χ4n) is 2.07. The van der Waals surface area contributed by atoms with Crippen molar-refractivity contribution in [1.29, 1.82) is 0 Å². The number of hydrogen-bond acceptors (Lipinski definition) is 6. The predicted molar refractivity (Wildman–Crippen MR) is 74.3 cm³/mol. The number of benzene rings is 1. The number of rotatable bonds is 4. The highest BCUT2D eigenvalue weighted by Crippen LogP contribution is 2.35. The third-order valence-corrected chi connectivity index (χ3v) is 3.02. The molecule has 0 fully saturated rings. The summed E-state index contributed by atoms with van der Waals surface area (Å²) in [6.45, 7) is 1.77. The monoisotopic (exact) mass is 289 g/mol. The number of carbonyl (C=O) groups is 1. The van der Waals surface area contributed by atoms with E-state index in [1.54, 1.807) is 18.2 Å². The molecule has 1 aromatic carbocycles. The van der Waals surface area contributed by atoms with E-state index in [0.717, 1.165) is 0 Å². The van der Waals surface area contributed by atoms with Gasteiger partial charge in [-0.2, -0.15) is 0 Å². The SMILES string of the molecule is NCCNC(=O)c1ncoc1-c1ccc2c(c1)OCCO2. The summed E-state index contributed by atoms with van der Waals surface area (Å²) in [5.41, 5.74) is 6.29. The van der Waals surface area contributed by atoms with Gasteiger partial charge in [-0.15, -0.1) is 0 Å². The second-order valence-corrected chi connectivity index (χ2v) is 4.43. The zero-order valence-electron chi connectivity index (χ0n) is 11.3. The highest BCUT2D eigenvalue weighted by Gasteiger charge is 2.20. The summed E-state index contributed by atoms with van der Waals surface area (Å²) in [6.07, 6.45) is 1.24. The van der Waals surface area contributed by atoms with Crippen LogP contribution in [0.3, 0.4) is 0 Å². The van der Waals surface area contributed by atoms with Gasteiger partial charge in [0.15, 0.2) is 29.3 Å². The van der Waals surface area contributed by atoms with Crippen molar-refractivity contribution in [3.05, 3.63) is 30.3 Å². The van der Waals surface area contributed by atoms with Gasteiger partial charge in [-0.05, 0) is 18.2 Å². The lowest BCUT2D eigenvalue weighted by Crippen LogP contribution is -2.29. The summed E-state index contributed by atoms with van der Waals surface area (Å²) in [7, 11) is 0. The first kappa shape index (κ1) is 13.4. The third kappa shape index (κ3) is 2.68. The van der Waals surface area contributed by atoms with Crippen LogP contribution in [0.4, 0.5) is 0 Å². The summed E-state index contributed by atoms with van der Waals surface area (Å²) in [6, 6.07) is 5.36. The topological polar surface area (TPSA) is 99.6 Å². The molecule has 0 aliphatic carbocycles. The van der Waals surface area contributed by atoms with E-state index >= 15 is 0 Å². The predicted octanol–water partition coefficient (Wildman–Crippen LogP) is 0.801. The molecule has 110 valence electrons. The van der Waals surface area contributed by atoms with Crippen LogP contribution in [0.2, 0.25) is 0 Å². The Hall–Kier alpha value is -2.54. The van der Waals surface area contributed by atoms with Crippen LogP contribution in [-0.4, -0.2) is 37.2 Å². The van der Waals surface area contributed by atoms with Crippen LogP contribution in [0.1, 0.15) is 10.5 Å². The molecule has 0 saturated carbocycles. The number of aromatic nitrogens is 1. The molecule has 7 nitrogen and oxygen atoms in total. The number of amides is 1. The quantitative estimate of drug-likeness (QED) is 0.863. The summed E-state index contributed by atoms with van der Waals surface area (Å²) >= 11 is 0. The van der Waals surface area contributed by atoms with Crippen LogP contribution >= 0.6 is 0 Å². The van der Waals surface area contributed by atoms with Crippen molar-refractivity contribution < 1.29 is 18.7 Å². The van der Waals surface area contributed by atoms with Crippen LogP contribution < -0.4 is 20.5 Å². The number of nitrogens with zero attached hydrogens (tertiary/aromatic N) is 1. The number of ether oxygens (including phenoxy) is 2. The Morgan fingerprint density at radius 2 is 2.10 bits per heavy atom. The van der Waals surface area contributed by atoms with E-state index in [1.807, 2.05) is 0 Å². The Kier molecular flexibility index (Phi) is 3.74. The Morgan fingerprint density at radius 1 is 1.29 bits per heavy atom. The van der Waals surface area contributed by atoms with Crippen molar-refractivity contribution in [2.45, 2.75) is 0 Å². The molecule has 0 radical (unpaired) electrons. The molecule has 0 atom stereocenters. The Bertz CT molecular complexity index is 653. The zero-order valence-corrected chi connectivity index (χ0v) is 11.3. The maximum absolute atomic E-state index is 12.0. The fraction of sp³-hybridized carbons (Fsp3) is 0.286. The molecule has 3 rings (SSSR count). The van der Waals surface area contributed by atoms with Gasteiger partial charge in [0.1, 0.15) is 13.2 Å². The summed E-state index contributed by atoms with van der Waals surface area (Å²) in [5, 5.41) is 2.66. The minimum absolute atomic E-state index is 0.222. The Balaban J connectivity index is 1.91. The van der Waals surface area contributed by atoms with Crippen molar-refractivity contribution in [2.24, 2.45) is 5.73 Å². The molecule has 0 spiro atoms. The van der Waals surface area contributed by atoms with Gasteiger partial charge in [-0.3, -0.25) is 4.79 Å². The molecule has 1 aromatic heterocycles. The van der Waals surface area contributed by atoms with Crippen LogP contribution in [0, 0.1) is 0 Å². The van der Waals surface area contributed by atoms with Crippen LogP contribution in [0.15, 0.2) is 29.0 Å². The lowest BCUT2D eigenvalue weighted by Gasteiger charge is -2.18. The van der Waals surface area contributed by atoms with E-state index in [2.05, 4.69) is 10.3 Å². The number of carbonyl (C=O) groups excluding carboxylic acids is 1. The van der Waals surface area contributed by atoms with Crippen LogP contribution in [-0.2, 0) is 0 Å². The average molecular weight is 289 g/mol. The van der Waals surface area contributed by atoms with Gasteiger partial charge in [0.2, 0.25) is 0 Å². The molecule has 21 heavy (non-hydrogen) atoms. The summed E-state index contributed by atoms with van der Waals surface area (Å²) in [4.78, 5) is 16.0. The number of oxazole rings is 1. The second kappa shape index (κ2) is 5.84. The van der Waals surface area contributed by atoms with Gasteiger partial charge in [0.25, 0.3) is 5.91 Å². The molecule has 7 heteroatoms. The van der Waals surface area contributed by atoms with Gasteiger partial charge < -0.3 is 24.9 Å². The number of fused-ring (bicyclic) bond motifs is 1. The first-order valence-corrected chi connectivity index (χ1v) is 6.61. The van der Waals surface area contributed by atoms with Gasteiger partial charge >= 0.3 is 0 Å². The average Bonchev–Trinajstić information content (AvgIpc) is 3.01. The maximum Gasteiger partial charge on any atom is 0.273 e. The minimum atomic E-state index is -0.320. The maximum atomic E-state index is 12.0. The first-order chi connectivity index (χ1) is 10.3. The molecule has 1 amide bonds. The molecular weight excluding hydrogens is 274 g/mol. The van der Waals surface area contributed by atoms with E-state index in [4.69, 9.17) is 19.6 Å². The zero-order chi connectivity index (χ0) is 14.7. The standard InChI is InChI=1S/C14H15N3O4/c15-3-4-16-14(18)12-13(21-8-17-12)9-1-2-10-11(7-9)20-6-5-19-10/h1-2,7-8H,3-6,15H2,(H,16,18). The molecule has 3 N–H and O–H groups in total. The number of nitrogens with two attached hydrogens (primary N) is 1. The van der Waals surface area contributed by atoms with Crippen molar-refractivity contribution in [1.82, 2.24) is 10.3 Å². The summed E-state index contributed by atoms with van der Waals surface area (Å²) < 4.78 is 16.3. The highest BCUT2D eigenvalue weighted by molar-refractivity contribution is 5.97. The minimum Gasteiger partial charge on any atom is -0.486 e. The van der Waals surface area contributed by atoms with E-state index in [1.165, 1.54) is 6.39 Å². The Morgan fingerprint density at radius 3 is 2.90 bits per heavy atom. The molecular formula is C14H15N3O4. The molecule has 1 aliphatic heterocycles. The van der Waals surface area contributed by atoms with Crippen molar-refractivity contribution in [3.63, 3.8) is 0 Å². The number of nitrogens with one attached hydrogen (secondary N) is 1. The molecule has 1 aliphatic rings. The smallest absolute Gasteiger partial charge is 0.273 e. The normalized spacial score (nSPS) is 13.0. The molecule has 0 saturated heterocycles. The van der Waals surface area contributed by atoms with Crippen molar-refractivity contribution in [3.8, 4) is 22.8 Å². The van der Waals surface area contributed by atoms with E-state index in [-0.39, 0.29) is 11.6 Å². The van der Waals surface area contributed by atoms with Crippen LogP contribution in [0.5, 0.6) is 11.5 Å². The van der Waals surface area contributed by atoms with E-state index in [0.29, 0.717) is 49.1 Å². The lowest BCUT2D eigenvalue weighted by atomic mass is 10.1. The largest absolute Gasteiger partial charge is 0.486 e. The van der Waals surface area contributed by atoms with Gasteiger partial charge in [0.05, 0.1) is 0 Å². The van der Waals surface area contributed by atoms with Crippen molar-refractivity contribution >= 4 is 5.91 Å². The lowest BCUT2D eigenvalue weighted by molar-refractivity contribution is 0.0950. The van der Waals surface area contributed by atoms with Gasteiger partial charge in [-0.25, -0.2) is 4.98 Å². The molecule has 0 bridgehead atoms. The van der Waals surface area contributed by atoms with Gasteiger partial charge in [0, 0.05) is 18.7 Å². The van der Waals surface area contributed by atoms with Gasteiger partial charge in [-0.1, -0.05) is 0 Å². The summed E-state index contributed by atoms with van der Waals surface area (Å²) in [5.74, 6) is 1.38. The third-order valence-electron chi connectivity index (χ3n) is 3.02. The molecule has 2 aromatic rings. The first-order valence-electron chi connectivity index (χ1n) is 6.61. The van der Waals surface area contributed by atoms with Crippen LogP contribution in [0.25, 0.3) is 11.3 Å². The number of hydrogen-bond donors (Lipinski definition) is 2. The second-order valence-electron chi connectivity index (χ2n) is 4.43. The Labute approximate surface area is 121 Å². The molecule has 2 heterocycles.